The normalized spacial score (nSPS) is 15.1. The van der Waals surface area contributed by atoms with E-state index in [9.17, 15) is 9.90 Å². The molecule has 0 radical (unpaired) electrons. The summed E-state index contributed by atoms with van der Waals surface area (Å²) in [6.07, 6.45) is 4.01. The molecule has 0 aromatic heterocycles. The standard InChI is InChI=1S/C23H30N2O2/c1-23(2,27)14-13-18-9-11-19(12-10-18)22(26)24-21-8-4-3-7-20(21)17-25-15-5-6-16-25/h3-4,7-12,27H,5-6,13-17H2,1-2H3,(H,24,26). The molecule has 1 aliphatic heterocycles. The maximum atomic E-state index is 12.7. The highest BCUT2D eigenvalue weighted by Crippen LogP contribution is 2.21. The molecule has 4 nitrogen and oxygen atoms in total. The van der Waals surface area contributed by atoms with E-state index in [0.29, 0.717) is 12.0 Å². The third-order valence-corrected chi connectivity index (χ3v) is 5.10. The molecule has 0 unspecified atom stereocenters. The van der Waals surface area contributed by atoms with Gasteiger partial charge in [-0.15, -0.1) is 0 Å². The van der Waals surface area contributed by atoms with E-state index in [1.807, 2.05) is 56.3 Å². The number of aliphatic hydroxyl groups is 1. The van der Waals surface area contributed by atoms with Crippen molar-refractivity contribution in [2.75, 3.05) is 18.4 Å². The van der Waals surface area contributed by atoms with Crippen LogP contribution in [0.2, 0.25) is 0 Å². The van der Waals surface area contributed by atoms with Crippen LogP contribution in [0, 0.1) is 0 Å². The Hall–Kier alpha value is -2.17. The fraction of sp³-hybridized carbons (Fsp3) is 0.435. The monoisotopic (exact) mass is 366 g/mol. The Morgan fingerprint density at radius 2 is 1.74 bits per heavy atom. The van der Waals surface area contributed by atoms with E-state index in [1.54, 1.807) is 0 Å². The highest BCUT2D eigenvalue weighted by Gasteiger charge is 2.15. The van der Waals surface area contributed by atoms with Gasteiger partial charge in [0.2, 0.25) is 0 Å². The number of nitrogens with one attached hydrogen (secondary N) is 1. The van der Waals surface area contributed by atoms with Gasteiger partial charge < -0.3 is 10.4 Å². The summed E-state index contributed by atoms with van der Waals surface area (Å²) in [6, 6.07) is 15.7. The first kappa shape index (κ1) is 19.6. The largest absolute Gasteiger partial charge is 0.390 e. The van der Waals surface area contributed by atoms with Gasteiger partial charge in [0.15, 0.2) is 0 Å². The van der Waals surface area contributed by atoms with Gasteiger partial charge in [0.05, 0.1) is 5.60 Å². The van der Waals surface area contributed by atoms with E-state index < -0.39 is 5.60 Å². The molecule has 0 bridgehead atoms. The van der Waals surface area contributed by atoms with Crippen molar-refractivity contribution in [1.82, 2.24) is 4.90 Å². The number of nitrogens with zero attached hydrogens (tertiary/aromatic N) is 1. The number of benzene rings is 2. The van der Waals surface area contributed by atoms with E-state index in [2.05, 4.69) is 16.3 Å². The zero-order valence-electron chi connectivity index (χ0n) is 16.4. The van der Waals surface area contributed by atoms with Gasteiger partial charge in [-0.05, 0) is 81.9 Å². The number of aryl methyl sites for hydroxylation is 1. The lowest BCUT2D eigenvalue weighted by atomic mass is 9.98. The van der Waals surface area contributed by atoms with Crippen molar-refractivity contribution in [2.24, 2.45) is 0 Å². The minimum absolute atomic E-state index is 0.0853. The first-order chi connectivity index (χ1) is 12.9. The fourth-order valence-electron chi connectivity index (χ4n) is 3.43. The highest BCUT2D eigenvalue weighted by molar-refractivity contribution is 6.04. The smallest absolute Gasteiger partial charge is 0.255 e. The Kier molecular flexibility index (Phi) is 6.30. The van der Waals surface area contributed by atoms with Crippen molar-refractivity contribution in [3.05, 3.63) is 65.2 Å². The van der Waals surface area contributed by atoms with Crippen LogP contribution in [0.4, 0.5) is 5.69 Å². The van der Waals surface area contributed by atoms with Crippen LogP contribution in [0.25, 0.3) is 0 Å². The predicted molar refractivity (Wildman–Crippen MR) is 110 cm³/mol. The summed E-state index contributed by atoms with van der Waals surface area (Å²) in [6.45, 7) is 6.78. The fourth-order valence-corrected chi connectivity index (χ4v) is 3.43. The van der Waals surface area contributed by atoms with Gasteiger partial charge in [0, 0.05) is 17.8 Å². The van der Waals surface area contributed by atoms with Crippen LogP contribution in [0.15, 0.2) is 48.5 Å². The number of likely N-dealkylation sites (tertiary alicyclic amines) is 1. The second-order valence-electron chi connectivity index (χ2n) is 8.10. The van der Waals surface area contributed by atoms with Crippen molar-refractivity contribution in [3.63, 3.8) is 0 Å². The van der Waals surface area contributed by atoms with Crippen molar-refractivity contribution < 1.29 is 9.90 Å². The van der Waals surface area contributed by atoms with Crippen molar-refractivity contribution >= 4 is 11.6 Å². The van der Waals surface area contributed by atoms with Crippen molar-refractivity contribution in [3.8, 4) is 0 Å². The Morgan fingerprint density at radius 1 is 1.07 bits per heavy atom. The van der Waals surface area contributed by atoms with E-state index in [1.165, 1.54) is 12.8 Å². The number of carbonyl (C=O) groups excluding carboxylic acids is 1. The summed E-state index contributed by atoms with van der Waals surface area (Å²) in [7, 11) is 0. The Labute approximate surface area is 162 Å². The molecule has 1 aliphatic rings. The molecule has 1 fully saturated rings. The van der Waals surface area contributed by atoms with Crippen LogP contribution in [0.3, 0.4) is 0 Å². The first-order valence-corrected chi connectivity index (χ1v) is 9.84. The average molecular weight is 367 g/mol. The molecule has 3 rings (SSSR count). The molecule has 0 atom stereocenters. The summed E-state index contributed by atoms with van der Waals surface area (Å²) < 4.78 is 0. The molecule has 2 aromatic rings. The minimum atomic E-state index is -0.672. The van der Waals surface area contributed by atoms with Crippen molar-refractivity contribution in [2.45, 2.75) is 51.7 Å². The van der Waals surface area contributed by atoms with Crippen LogP contribution in [0.5, 0.6) is 0 Å². The molecular formula is C23H30N2O2. The molecule has 1 heterocycles. The van der Waals surface area contributed by atoms with Gasteiger partial charge in [0.25, 0.3) is 5.91 Å². The third kappa shape index (κ3) is 5.91. The molecule has 144 valence electrons. The second kappa shape index (κ2) is 8.68. The number of hydrogen-bond acceptors (Lipinski definition) is 3. The average Bonchev–Trinajstić information content (AvgIpc) is 3.14. The van der Waals surface area contributed by atoms with Crippen LogP contribution < -0.4 is 5.32 Å². The van der Waals surface area contributed by atoms with E-state index in [4.69, 9.17) is 0 Å². The number of rotatable bonds is 7. The maximum Gasteiger partial charge on any atom is 0.255 e. The second-order valence-corrected chi connectivity index (χ2v) is 8.10. The summed E-state index contributed by atoms with van der Waals surface area (Å²) in [5.41, 5.74) is 3.16. The molecule has 2 N–H and O–H groups in total. The first-order valence-electron chi connectivity index (χ1n) is 9.84. The zero-order chi connectivity index (χ0) is 19.3. The topological polar surface area (TPSA) is 52.6 Å². The summed E-state index contributed by atoms with van der Waals surface area (Å²) in [5, 5.41) is 12.9. The Morgan fingerprint density at radius 3 is 2.41 bits per heavy atom. The number of para-hydroxylation sites is 1. The number of carbonyl (C=O) groups is 1. The van der Waals surface area contributed by atoms with Gasteiger partial charge in [-0.25, -0.2) is 0 Å². The van der Waals surface area contributed by atoms with Gasteiger partial charge in [-0.1, -0.05) is 30.3 Å². The molecule has 0 saturated carbocycles. The molecule has 1 saturated heterocycles. The summed E-state index contributed by atoms with van der Waals surface area (Å²) in [5.74, 6) is -0.0853. The molecule has 0 spiro atoms. The predicted octanol–water partition coefficient (Wildman–Crippen LogP) is 4.24. The molecule has 4 heteroatoms. The molecule has 27 heavy (non-hydrogen) atoms. The van der Waals surface area contributed by atoms with Gasteiger partial charge in [0.1, 0.15) is 0 Å². The molecule has 1 amide bonds. The maximum absolute atomic E-state index is 12.7. The van der Waals surface area contributed by atoms with Crippen LogP contribution in [-0.2, 0) is 13.0 Å². The lowest BCUT2D eigenvalue weighted by Crippen LogP contribution is -2.20. The quantitative estimate of drug-likeness (QED) is 0.771. The number of anilines is 1. The summed E-state index contributed by atoms with van der Waals surface area (Å²) in [4.78, 5) is 15.1. The third-order valence-electron chi connectivity index (χ3n) is 5.10. The SMILES string of the molecule is CC(C)(O)CCc1ccc(C(=O)Nc2ccccc2CN2CCCC2)cc1. The van der Waals surface area contributed by atoms with Gasteiger partial charge >= 0.3 is 0 Å². The van der Waals surface area contributed by atoms with Gasteiger partial charge in [-0.2, -0.15) is 0 Å². The molecule has 0 aliphatic carbocycles. The number of amides is 1. The Bertz CT molecular complexity index is 757. The zero-order valence-corrected chi connectivity index (χ0v) is 16.4. The molecular weight excluding hydrogens is 336 g/mol. The van der Waals surface area contributed by atoms with Crippen LogP contribution in [-0.4, -0.2) is 34.6 Å². The lowest BCUT2D eigenvalue weighted by Gasteiger charge is -2.18. The Balaban J connectivity index is 1.63. The van der Waals surface area contributed by atoms with E-state index in [-0.39, 0.29) is 5.91 Å². The van der Waals surface area contributed by atoms with Gasteiger partial charge in [-0.3, -0.25) is 9.69 Å². The molecule has 2 aromatic carbocycles. The van der Waals surface area contributed by atoms with Crippen LogP contribution in [0.1, 0.15) is 54.6 Å². The lowest BCUT2D eigenvalue weighted by molar-refractivity contribution is 0.0714. The van der Waals surface area contributed by atoms with E-state index in [0.717, 1.165) is 42.9 Å². The van der Waals surface area contributed by atoms with Crippen LogP contribution >= 0.6 is 0 Å². The minimum Gasteiger partial charge on any atom is -0.390 e. The number of hydrogen-bond donors (Lipinski definition) is 2. The van der Waals surface area contributed by atoms with Crippen molar-refractivity contribution in [1.29, 1.82) is 0 Å². The highest BCUT2D eigenvalue weighted by atomic mass is 16.3. The van der Waals surface area contributed by atoms with E-state index >= 15 is 0 Å². The summed E-state index contributed by atoms with van der Waals surface area (Å²) >= 11 is 0.